The molecule has 0 aliphatic rings. The molecule has 2 nitrogen and oxygen atoms in total. The number of carbonyl (C=O) groups excluding carboxylic acids is 1. The van der Waals surface area contributed by atoms with Gasteiger partial charge in [-0.15, -0.1) is 0 Å². The average molecular weight is 210 g/mol. The fourth-order valence-corrected chi connectivity index (χ4v) is 0.981. The highest BCUT2D eigenvalue weighted by Crippen LogP contribution is 2.28. The molecular weight excluding hydrogens is 207 g/mol. The molecule has 0 aliphatic carbocycles. The lowest BCUT2D eigenvalue weighted by molar-refractivity contribution is 0.111. The van der Waals surface area contributed by atoms with Crippen molar-refractivity contribution in [2.24, 2.45) is 0 Å². The number of pyridine rings is 1. The zero-order chi connectivity index (χ0) is 10.0. The van der Waals surface area contributed by atoms with Gasteiger partial charge in [0.1, 0.15) is 11.0 Å². The number of alkyl halides is 2. The van der Waals surface area contributed by atoms with Crippen LogP contribution in [0.2, 0.25) is 5.15 Å². The highest BCUT2D eigenvalue weighted by atomic mass is 35.5. The maximum absolute atomic E-state index is 12.9. The van der Waals surface area contributed by atoms with Crippen LogP contribution in [-0.2, 0) is 0 Å². The van der Waals surface area contributed by atoms with E-state index < -0.39 is 28.5 Å². The molecule has 1 aromatic rings. The predicted molar refractivity (Wildman–Crippen MR) is 39.5 cm³/mol. The summed E-state index contributed by atoms with van der Waals surface area (Å²) in [7, 11) is 0. The zero-order valence-corrected chi connectivity index (χ0v) is 6.86. The highest BCUT2D eigenvalue weighted by Gasteiger charge is 2.21. The van der Waals surface area contributed by atoms with Gasteiger partial charge in [-0.3, -0.25) is 4.79 Å². The first-order valence-corrected chi connectivity index (χ1v) is 3.53. The molecule has 0 saturated carbocycles. The molecule has 0 aromatic carbocycles. The predicted octanol–water partition coefficient (Wildman–Crippen LogP) is 2.62. The van der Waals surface area contributed by atoms with Gasteiger partial charge in [0.15, 0.2) is 6.29 Å². The highest BCUT2D eigenvalue weighted by molar-refractivity contribution is 6.30. The Hall–Kier alpha value is -1.10. The molecule has 1 rings (SSSR count). The smallest absolute Gasteiger partial charge is 0.269 e. The Balaban J connectivity index is 3.38. The maximum Gasteiger partial charge on any atom is 0.269 e. The molecule has 0 atom stereocenters. The largest absolute Gasteiger partial charge is 0.298 e. The van der Waals surface area contributed by atoms with Crippen molar-refractivity contribution in [1.29, 1.82) is 0 Å². The summed E-state index contributed by atoms with van der Waals surface area (Å²) in [5.74, 6) is -1.31. The van der Waals surface area contributed by atoms with Crippen molar-refractivity contribution in [3.63, 3.8) is 0 Å². The van der Waals surface area contributed by atoms with Gasteiger partial charge in [0.05, 0.1) is 11.1 Å². The van der Waals surface area contributed by atoms with Crippen LogP contribution in [0.1, 0.15) is 22.3 Å². The normalized spacial score (nSPS) is 10.5. The standard InChI is InChI=1S/C7H3ClF3NO/c8-6-4(7(10)11)5(9)3(2-13)1-12-6/h1-2,7H. The Morgan fingerprint density at radius 1 is 1.54 bits per heavy atom. The average Bonchev–Trinajstić information content (AvgIpc) is 2.04. The van der Waals surface area contributed by atoms with Crippen molar-refractivity contribution in [2.45, 2.75) is 6.43 Å². The lowest BCUT2D eigenvalue weighted by Crippen LogP contribution is -1.99. The Kier molecular flexibility index (Phi) is 2.87. The van der Waals surface area contributed by atoms with Crippen LogP contribution >= 0.6 is 11.6 Å². The number of hydrogen-bond donors (Lipinski definition) is 0. The number of aldehydes is 1. The first-order chi connectivity index (χ1) is 6.07. The van der Waals surface area contributed by atoms with E-state index in [2.05, 4.69) is 4.98 Å². The van der Waals surface area contributed by atoms with E-state index >= 15 is 0 Å². The quantitative estimate of drug-likeness (QED) is 0.554. The van der Waals surface area contributed by atoms with Crippen molar-refractivity contribution < 1.29 is 18.0 Å². The second-order valence-electron chi connectivity index (χ2n) is 2.15. The van der Waals surface area contributed by atoms with Crippen molar-refractivity contribution in [3.05, 3.63) is 28.3 Å². The van der Waals surface area contributed by atoms with Crippen molar-refractivity contribution in [2.75, 3.05) is 0 Å². The lowest BCUT2D eigenvalue weighted by atomic mass is 10.2. The molecule has 70 valence electrons. The summed E-state index contributed by atoms with van der Waals surface area (Å²) >= 11 is 5.21. The van der Waals surface area contributed by atoms with Crippen LogP contribution < -0.4 is 0 Å². The van der Waals surface area contributed by atoms with Crippen LogP contribution in [0, 0.1) is 5.82 Å². The first kappa shape index (κ1) is 9.98. The molecule has 0 fully saturated rings. The number of nitrogens with zero attached hydrogens (tertiary/aromatic N) is 1. The zero-order valence-electron chi connectivity index (χ0n) is 6.10. The molecule has 0 unspecified atom stereocenters. The third-order valence-electron chi connectivity index (χ3n) is 1.37. The first-order valence-electron chi connectivity index (χ1n) is 3.15. The minimum Gasteiger partial charge on any atom is -0.298 e. The molecule has 1 heterocycles. The topological polar surface area (TPSA) is 30.0 Å². The monoisotopic (exact) mass is 209 g/mol. The summed E-state index contributed by atoms with van der Waals surface area (Å²) < 4.78 is 37.2. The van der Waals surface area contributed by atoms with Crippen LogP contribution in [0.25, 0.3) is 0 Å². The minimum atomic E-state index is -3.08. The van der Waals surface area contributed by atoms with Gasteiger partial charge in [-0.2, -0.15) is 0 Å². The summed E-state index contributed by atoms with van der Waals surface area (Å²) in [4.78, 5) is 13.4. The molecule has 0 aliphatic heterocycles. The van der Waals surface area contributed by atoms with E-state index in [-0.39, 0.29) is 6.29 Å². The molecule has 6 heteroatoms. The molecule has 0 bridgehead atoms. The molecule has 1 aromatic heterocycles. The molecule has 0 N–H and O–H groups in total. The fourth-order valence-electron chi connectivity index (χ4n) is 0.766. The Morgan fingerprint density at radius 2 is 2.15 bits per heavy atom. The van der Waals surface area contributed by atoms with E-state index in [1.807, 2.05) is 0 Å². The van der Waals surface area contributed by atoms with E-state index in [1.54, 1.807) is 0 Å². The molecule has 13 heavy (non-hydrogen) atoms. The van der Waals surface area contributed by atoms with Gasteiger partial charge in [0, 0.05) is 6.20 Å². The van der Waals surface area contributed by atoms with Gasteiger partial charge in [-0.25, -0.2) is 18.2 Å². The number of rotatable bonds is 2. The SMILES string of the molecule is O=Cc1cnc(Cl)c(C(F)F)c1F. The third kappa shape index (κ3) is 1.80. The molecule has 0 radical (unpaired) electrons. The van der Waals surface area contributed by atoms with Crippen molar-refractivity contribution in [1.82, 2.24) is 4.98 Å². The van der Waals surface area contributed by atoms with Gasteiger partial charge in [-0.1, -0.05) is 11.6 Å². The summed E-state index contributed by atoms with van der Waals surface area (Å²) in [6.45, 7) is 0. The van der Waals surface area contributed by atoms with E-state index in [1.165, 1.54) is 0 Å². The van der Waals surface area contributed by atoms with Crippen LogP contribution in [0.4, 0.5) is 13.2 Å². The van der Waals surface area contributed by atoms with Crippen molar-refractivity contribution in [3.8, 4) is 0 Å². The minimum absolute atomic E-state index is 0.102. The summed E-state index contributed by atoms with van der Waals surface area (Å²) in [5, 5.41) is -0.627. The van der Waals surface area contributed by atoms with Gasteiger partial charge in [-0.05, 0) is 0 Å². The number of halogens is 4. The van der Waals surface area contributed by atoms with E-state index in [9.17, 15) is 18.0 Å². The van der Waals surface area contributed by atoms with Crippen LogP contribution in [0.5, 0.6) is 0 Å². The third-order valence-corrected chi connectivity index (χ3v) is 1.68. The molecule has 0 spiro atoms. The second-order valence-corrected chi connectivity index (χ2v) is 2.51. The van der Waals surface area contributed by atoms with Gasteiger partial charge < -0.3 is 0 Å². The van der Waals surface area contributed by atoms with Crippen molar-refractivity contribution >= 4 is 17.9 Å². The Morgan fingerprint density at radius 3 is 2.62 bits per heavy atom. The van der Waals surface area contributed by atoms with E-state index in [4.69, 9.17) is 11.6 Å². The Labute approximate surface area is 76.3 Å². The number of hydrogen-bond acceptors (Lipinski definition) is 2. The van der Waals surface area contributed by atoms with E-state index in [0.29, 0.717) is 0 Å². The second kappa shape index (κ2) is 3.74. The summed E-state index contributed by atoms with van der Waals surface area (Å²) in [6, 6.07) is 0. The molecule has 0 saturated heterocycles. The number of aromatic nitrogens is 1. The van der Waals surface area contributed by atoms with E-state index in [0.717, 1.165) is 6.20 Å². The Bertz CT molecular complexity index is 343. The van der Waals surface area contributed by atoms with Crippen LogP contribution in [0.15, 0.2) is 6.20 Å². The number of carbonyl (C=O) groups is 1. The van der Waals surface area contributed by atoms with Gasteiger partial charge >= 0.3 is 0 Å². The lowest BCUT2D eigenvalue weighted by Gasteiger charge is -2.04. The van der Waals surface area contributed by atoms with Gasteiger partial charge in [0.2, 0.25) is 0 Å². The fraction of sp³-hybridized carbons (Fsp3) is 0.143. The summed E-state index contributed by atoms with van der Waals surface area (Å²) in [5.41, 5.74) is -1.56. The molecule has 0 amide bonds. The maximum atomic E-state index is 12.9. The van der Waals surface area contributed by atoms with Gasteiger partial charge in [0.25, 0.3) is 6.43 Å². The van der Waals surface area contributed by atoms with Crippen LogP contribution in [-0.4, -0.2) is 11.3 Å². The molecular formula is C7H3ClF3NO. The van der Waals surface area contributed by atoms with Crippen LogP contribution in [0.3, 0.4) is 0 Å². The summed E-state index contributed by atoms with van der Waals surface area (Å²) in [6.07, 6.45) is -2.18.